The molecule has 0 aliphatic carbocycles. The Balaban J connectivity index is 3.02. The molecule has 0 aliphatic heterocycles. The monoisotopic (exact) mass is 149 g/mol. The minimum atomic E-state index is -0.140. The first-order chi connectivity index (χ1) is 5.27. The standard InChI is InChI=1S/C7H7N3O/c8-5-3-4-1-2-9-7(11)6(4)10-5/h1-3,10H,8H2,(H,9,11). The zero-order chi connectivity index (χ0) is 7.84. The van der Waals surface area contributed by atoms with Gasteiger partial charge in [0.2, 0.25) is 0 Å². The van der Waals surface area contributed by atoms with E-state index in [1.165, 1.54) is 0 Å². The molecule has 2 rings (SSSR count). The number of nitrogens with one attached hydrogen (secondary N) is 2. The van der Waals surface area contributed by atoms with Crippen LogP contribution in [0.15, 0.2) is 23.1 Å². The molecule has 2 heterocycles. The maximum absolute atomic E-state index is 11.0. The molecule has 11 heavy (non-hydrogen) atoms. The summed E-state index contributed by atoms with van der Waals surface area (Å²) in [6, 6.07) is 3.52. The van der Waals surface area contributed by atoms with E-state index >= 15 is 0 Å². The summed E-state index contributed by atoms with van der Waals surface area (Å²) >= 11 is 0. The van der Waals surface area contributed by atoms with Crippen LogP contribution in [0.25, 0.3) is 10.9 Å². The molecule has 0 aliphatic rings. The van der Waals surface area contributed by atoms with Crippen LogP contribution in [-0.4, -0.2) is 9.97 Å². The highest BCUT2D eigenvalue weighted by Crippen LogP contribution is 2.10. The number of aromatic nitrogens is 2. The van der Waals surface area contributed by atoms with Crippen molar-refractivity contribution in [2.45, 2.75) is 0 Å². The number of H-pyrrole nitrogens is 2. The van der Waals surface area contributed by atoms with E-state index < -0.39 is 0 Å². The van der Waals surface area contributed by atoms with Crippen LogP contribution in [0.3, 0.4) is 0 Å². The molecular formula is C7H7N3O. The summed E-state index contributed by atoms with van der Waals surface area (Å²) in [7, 11) is 0. The van der Waals surface area contributed by atoms with Crippen LogP contribution in [0.5, 0.6) is 0 Å². The van der Waals surface area contributed by atoms with E-state index in [-0.39, 0.29) is 5.56 Å². The molecule has 0 fully saturated rings. The largest absolute Gasteiger partial charge is 0.385 e. The number of anilines is 1. The number of nitrogen functional groups attached to an aromatic ring is 1. The van der Waals surface area contributed by atoms with E-state index in [1.807, 2.05) is 0 Å². The molecule has 0 atom stereocenters. The lowest BCUT2D eigenvalue weighted by Gasteiger charge is -1.84. The van der Waals surface area contributed by atoms with Gasteiger partial charge in [-0.2, -0.15) is 0 Å². The summed E-state index contributed by atoms with van der Waals surface area (Å²) < 4.78 is 0. The number of hydrogen-bond donors (Lipinski definition) is 3. The number of rotatable bonds is 0. The van der Waals surface area contributed by atoms with Crippen LogP contribution in [0.2, 0.25) is 0 Å². The van der Waals surface area contributed by atoms with Crippen LogP contribution in [0.1, 0.15) is 0 Å². The predicted molar refractivity (Wildman–Crippen MR) is 43.3 cm³/mol. The van der Waals surface area contributed by atoms with E-state index in [9.17, 15) is 4.79 Å². The highest BCUT2D eigenvalue weighted by atomic mass is 16.1. The number of fused-ring (bicyclic) bond motifs is 1. The van der Waals surface area contributed by atoms with Crippen LogP contribution in [0.4, 0.5) is 5.82 Å². The van der Waals surface area contributed by atoms with Crippen molar-refractivity contribution in [2.75, 3.05) is 5.73 Å². The molecule has 0 aromatic carbocycles. The first kappa shape index (κ1) is 6.03. The Hall–Kier alpha value is -1.71. The Morgan fingerprint density at radius 1 is 1.45 bits per heavy atom. The summed E-state index contributed by atoms with van der Waals surface area (Å²) in [5, 5.41) is 0.839. The summed E-state index contributed by atoms with van der Waals surface area (Å²) in [4.78, 5) is 16.4. The lowest BCUT2D eigenvalue weighted by Crippen LogP contribution is -2.03. The third-order valence-corrected chi connectivity index (χ3v) is 1.57. The van der Waals surface area contributed by atoms with Gasteiger partial charge in [0.15, 0.2) is 0 Å². The summed E-state index contributed by atoms with van der Waals surface area (Å²) in [5.74, 6) is 0.511. The van der Waals surface area contributed by atoms with Gasteiger partial charge in [0.25, 0.3) is 5.56 Å². The van der Waals surface area contributed by atoms with E-state index in [0.717, 1.165) is 5.39 Å². The molecule has 2 aromatic heterocycles. The van der Waals surface area contributed by atoms with Gasteiger partial charge in [-0.15, -0.1) is 0 Å². The van der Waals surface area contributed by atoms with Gasteiger partial charge in [-0.25, -0.2) is 0 Å². The van der Waals surface area contributed by atoms with Crippen molar-refractivity contribution in [2.24, 2.45) is 0 Å². The topological polar surface area (TPSA) is 74.7 Å². The molecule has 0 saturated carbocycles. The van der Waals surface area contributed by atoms with Crippen LogP contribution in [-0.2, 0) is 0 Å². The van der Waals surface area contributed by atoms with Gasteiger partial charge >= 0.3 is 0 Å². The lowest BCUT2D eigenvalue weighted by molar-refractivity contribution is 1.26. The fourth-order valence-electron chi connectivity index (χ4n) is 1.09. The third kappa shape index (κ3) is 0.797. The SMILES string of the molecule is Nc1cc2cc[nH]c(=O)c2[nH]1. The van der Waals surface area contributed by atoms with Crippen molar-refractivity contribution in [1.29, 1.82) is 0 Å². The van der Waals surface area contributed by atoms with Gasteiger partial charge in [0.1, 0.15) is 11.3 Å². The molecular weight excluding hydrogens is 142 g/mol. The van der Waals surface area contributed by atoms with Gasteiger partial charge in [-0.3, -0.25) is 4.79 Å². The molecule has 56 valence electrons. The van der Waals surface area contributed by atoms with E-state index in [0.29, 0.717) is 11.3 Å². The Labute approximate surface area is 62.0 Å². The molecule has 0 bridgehead atoms. The minimum Gasteiger partial charge on any atom is -0.385 e. The second kappa shape index (κ2) is 1.88. The van der Waals surface area contributed by atoms with Crippen LogP contribution < -0.4 is 11.3 Å². The summed E-state index contributed by atoms with van der Waals surface area (Å²) in [6.45, 7) is 0. The van der Waals surface area contributed by atoms with E-state index in [1.54, 1.807) is 18.3 Å². The van der Waals surface area contributed by atoms with Gasteiger partial charge in [0, 0.05) is 11.6 Å². The second-order valence-corrected chi connectivity index (χ2v) is 2.36. The van der Waals surface area contributed by atoms with Crippen molar-refractivity contribution < 1.29 is 0 Å². The average Bonchev–Trinajstić information content (AvgIpc) is 2.31. The molecule has 4 heteroatoms. The van der Waals surface area contributed by atoms with E-state index in [4.69, 9.17) is 5.73 Å². The first-order valence-corrected chi connectivity index (χ1v) is 3.23. The maximum Gasteiger partial charge on any atom is 0.272 e. The smallest absolute Gasteiger partial charge is 0.272 e. The average molecular weight is 149 g/mol. The fraction of sp³-hybridized carbons (Fsp3) is 0. The third-order valence-electron chi connectivity index (χ3n) is 1.57. The van der Waals surface area contributed by atoms with Gasteiger partial charge in [0.05, 0.1) is 0 Å². The zero-order valence-electron chi connectivity index (χ0n) is 5.72. The van der Waals surface area contributed by atoms with Crippen LogP contribution >= 0.6 is 0 Å². The van der Waals surface area contributed by atoms with Crippen molar-refractivity contribution in [3.05, 3.63) is 28.7 Å². The molecule has 0 radical (unpaired) electrons. The summed E-state index contributed by atoms with van der Waals surface area (Å²) in [5.41, 5.74) is 5.84. The second-order valence-electron chi connectivity index (χ2n) is 2.36. The van der Waals surface area contributed by atoms with Crippen molar-refractivity contribution >= 4 is 16.7 Å². The van der Waals surface area contributed by atoms with Gasteiger partial charge in [-0.1, -0.05) is 0 Å². The van der Waals surface area contributed by atoms with Gasteiger partial charge in [-0.05, 0) is 12.1 Å². The Morgan fingerprint density at radius 2 is 2.27 bits per heavy atom. The maximum atomic E-state index is 11.0. The molecule has 0 unspecified atom stereocenters. The van der Waals surface area contributed by atoms with Gasteiger partial charge < -0.3 is 15.7 Å². The quantitative estimate of drug-likeness (QED) is 0.508. The molecule has 4 nitrogen and oxygen atoms in total. The predicted octanol–water partition coefficient (Wildman–Crippen LogP) is 0.438. The minimum absolute atomic E-state index is 0.140. The van der Waals surface area contributed by atoms with Crippen molar-refractivity contribution in [3.63, 3.8) is 0 Å². The lowest BCUT2D eigenvalue weighted by atomic mass is 10.3. The fourth-order valence-corrected chi connectivity index (χ4v) is 1.09. The molecule has 0 spiro atoms. The van der Waals surface area contributed by atoms with Crippen molar-refractivity contribution in [1.82, 2.24) is 9.97 Å². The molecule has 0 amide bonds. The number of pyridine rings is 1. The highest BCUT2D eigenvalue weighted by Gasteiger charge is 1.99. The molecule has 0 saturated heterocycles. The number of nitrogens with two attached hydrogens (primary N) is 1. The number of aromatic amines is 2. The Morgan fingerprint density at radius 3 is 3.00 bits per heavy atom. The first-order valence-electron chi connectivity index (χ1n) is 3.23. The normalized spacial score (nSPS) is 10.5. The summed E-state index contributed by atoms with van der Waals surface area (Å²) in [6.07, 6.45) is 1.60. The Bertz CT molecular complexity index is 440. The zero-order valence-corrected chi connectivity index (χ0v) is 5.72. The number of hydrogen-bond acceptors (Lipinski definition) is 2. The Kier molecular flexibility index (Phi) is 1.03. The molecule has 2 aromatic rings. The van der Waals surface area contributed by atoms with Crippen molar-refractivity contribution in [3.8, 4) is 0 Å². The molecule has 4 N–H and O–H groups in total. The van der Waals surface area contributed by atoms with Crippen LogP contribution in [0, 0.1) is 0 Å². The highest BCUT2D eigenvalue weighted by molar-refractivity contribution is 5.81. The van der Waals surface area contributed by atoms with E-state index in [2.05, 4.69) is 9.97 Å².